The van der Waals surface area contributed by atoms with E-state index in [-0.39, 0.29) is 18.0 Å². The van der Waals surface area contributed by atoms with Crippen LogP contribution < -0.4 is 4.74 Å². The maximum absolute atomic E-state index is 11.4. The summed E-state index contributed by atoms with van der Waals surface area (Å²) in [7, 11) is 0. The van der Waals surface area contributed by atoms with Gasteiger partial charge in [0.15, 0.2) is 11.9 Å². The molecule has 0 saturated heterocycles. The topological polar surface area (TPSA) is 35.5 Å². The van der Waals surface area contributed by atoms with Gasteiger partial charge in [0.05, 0.1) is 0 Å². The monoisotopic (exact) mass is 262 g/mol. The molecule has 1 aromatic carbocycles. The highest BCUT2D eigenvalue weighted by Crippen LogP contribution is 2.26. The van der Waals surface area contributed by atoms with E-state index in [2.05, 4.69) is 19.1 Å². The molecule has 0 bridgehead atoms. The van der Waals surface area contributed by atoms with Crippen LogP contribution in [-0.4, -0.2) is 24.6 Å². The van der Waals surface area contributed by atoms with Crippen LogP contribution in [0.3, 0.4) is 0 Å². The fraction of sp³-hybridized carbons (Fsp3) is 0.562. The third-order valence-electron chi connectivity index (χ3n) is 3.43. The van der Waals surface area contributed by atoms with E-state index in [1.807, 2.05) is 19.1 Å². The lowest BCUT2D eigenvalue weighted by Gasteiger charge is -2.34. The number of rotatable bonds is 7. The largest absolute Gasteiger partial charge is 0.487 e. The Balaban J connectivity index is 1.87. The number of hydrogen-bond donors (Lipinski definition) is 0. The molecule has 3 heteroatoms. The third-order valence-corrected chi connectivity index (χ3v) is 3.43. The number of aryl methyl sites for hydroxylation is 1. The first kappa shape index (κ1) is 14.1. The van der Waals surface area contributed by atoms with E-state index in [4.69, 9.17) is 9.47 Å². The maximum atomic E-state index is 11.4. The lowest BCUT2D eigenvalue weighted by Crippen LogP contribution is -2.52. The molecule has 0 aromatic heterocycles. The van der Waals surface area contributed by atoms with E-state index in [0.717, 1.165) is 12.2 Å². The number of ether oxygens (including phenoxy) is 2. The van der Waals surface area contributed by atoms with Gasteiger partial charge in [0.2, 0.25) is 0 Å². The van der Waals surface area contributed by atoms with Crippen molar-refractivity contribution in [3.05, 3.63) is 29.8 Å². The fourth-order valence-corrected chi connectivity index (χ4v) is 2.24. The zero-order valence-electron chi connectivity index (χ0n) is 11.7. The van der Waals surface area contributed by atoms with Crippen LogP contribution in [0.2, 0.25) is 0 Å². The van der Waals surface area contributed by atoms with Crippen molar-refractivity contribution in [3.63, 3.8) is 0 Å². The Morgan fingerprint density at radius 3 is 2.53 bits per heavy atom. The predicted octanol–water partition coefficient (Wildman–Crippen LogP) is 3.15. The van der Waals surface area contributed by atoms with E-state index in [9.17, 15) is 4.79 Å². The van der Waals surface area contributed by atoms with Crippen molar-refractivity contribution in [3.8, 4) is 5.75 Å². The summed E-state index contributed by atoms with van der Waals surface area (Å²) < 4.78 is 11.2. The number of hydrogen-bond acceptors (Lipinski definition) is 3. The first-order valence-corrected chi connectivity index (χ1v) is 7.14. The SMILES string of the molecule is CCCCc1ccc(OC2CC(=O)C2OCC)cc1. The first-order chi connectivity index (χ1) is 9.24. The molecule has 1 aromatic rings. The summed E-state index contributed by atoms with van der Waals surface area (Å²) in [4.78, 5) is 11.4. The fourth-order valence-electron chi connectivity index (χ4n) is 2.24. The highest BCUT2D eigenvalue weighted by atomic mass is 16.5. The molecule has 19 heavy (non-hydrogen) atoms. The van der Waals surface area contributed by atoms with E-state index in [1.165, 1.54) is 18.4 Å². The molecule has 1 fully saturated rings. The molecule has 0 radical (unpaired) electrons. The van der Waals surface area contributed by atoms with Crippen LogP contribution in [0.4, 0.5) is 0 Å². The zero-order chi connectivity index (χ0) is 13.7. The summed E-state index contributed by atoms with van der Waals surface area (Å²) in [6, 6.07) is 8.16. The summed E-state index contributed by atoms with van der Waals surface area (Å²) in [6.07, 6.45) is 3.50. The highest BCUT2D eigenvalue weighted by molar-refractivity contribution is 5.90. The lowest BCUT2D eigenvalue weighted by atomic mass is 9.90. The van der Waals surface area contributed by atoms with Crippen molar-refractivity contribution < 1.29 is 14.3 Å². The Morgan fingerprint density at radius 2 is 1.95 bits per heavy atom. The van der Waals surface area contributed by atoms with Crippen LogP contribution in [0, 0.1) is 0 Å². The molecular weight excluding hydrogens is 240 g/mol. The Hall–Kier alpha value is -1.35. The second kappa shape index (κ2) is 6.71. The van der Waals surface area contributed by atoms with Crippen LogP contribution in [0.5, 0.6) is 5.75 Å². The molecule has 0 spiro atoms. The Bertz CT molecular complexity index is 411. The molecule has 0 aliphatic heterocycles. The molecule has 0 N–H and O–H groups in total. The summed E-state index contributed by atoms with van der Waals surface area (Å²) in [6.45, 7) is 4.64. The number of benzene rings is 1. The molecule has 1 aliphatic carbocycles. The van der Waals surface area contributed by atoms with Gasteiger partial charge in [-0.15, -0.1) is 0 Å². The Morgan fingerprint density at radius 1 is 1.21 bits per heavy atom. The molecule has 2 unspecified atom stereocenters. The highest BCUT2D eigenvalue weighted by Gasteiger charge is 2.42. The second-order valence-electron chi connectivity index (χ2n) is 4.95. The average Bonchev–Trinajstić information content (AvgIpc) is 2.43. The molecule has 2 rings (SSSR count). The van der Waals surface area contributed by atoms with Gasteiger partial charge in [-0.05, 0) is 37.5 Å². The number of Topliss-reactive ketones (excluding diaryl/α,β-unsaturated/α-hetero) is 1. The summed E-state index contributed by atoms with van der Waals surface area (Å²) in [5.74, 6) is 0.967. The van der Waals surface area contributed by atoms with Crippen molar-refractivity contribution in [2.45, 2.75) is 51.7 Å². The van der Waals surface area contributed by atoms with Gasteiger partial charge in [0.25, 0.3) is 0 Å². The molecule has 104 valence electrons. The minimum Gasteiger partial charge on any atom is -0.487 e. The third kappa shape index (κ3) is 3.57. The van der Waals surface area contributed by atoms with Crippen molar-refractivity contribution in [2.24, 2.45) is 0 Å². The Kier molecular flexibility index (Phi) is 4.97. The van der Waals surface area contributed by atoms with Crippen molar-refractivity contribution in [2.75, 3.05) is 6.61 Å². The van der Waals surface area contributed by atoms with Gasteiger partial charge < -0.3 is 9.47 Å². The molecule has 0 amide bonds. The Labute approximate surface area is 114 Å². The van der Waals surface area contributed by atoms with Gasteiger partial charge in [-0.25, -0.2) is 0 Å². The van der Waals surface area contributed by atoms with E-state index in [1.54, 1.807) is 0 Å². The summed E-state index contributed by atoms with van der Waals surface area (Å²) in [5.41, 5.74) is 1.33. The van der Waals surface area contributed by atoms with Gasteiger partial charge in [-0.2, -0.15) is 0 Å². The smallest absolute Gasteiger partial charge is 0.169 e. The molecule has 1 saturated carbocycles. The van der Waals surface area contributed by atoms with Gasteiger partial charge in [-0.1, -0.05) is 25.5 Å². The van der Waals surface area contributed by atoms with Crippen molar-refractivity contribution in [1.29, 1.82) is 0 Å². The van der Waals surface area contributed by atoms with E-state index in [0.29, 0.717) is 13.0 Å². The van der Waals surface area contributed by atoms with Gasteiger partial charge in [-0.3, -0.25) is 4.79 Å². The molecule has 0 heterocycles. The number of carbonyl (C=O) groups excluding carboxylic acids is 1. The van der Waals surface area contributed by atoms with E-state index >= 15 is 0 Å². The summed E-state index contributed by atoms with van der Waals surface area (Å²) in [5, 5.41) is 0. The molecule has 3 nitrogen and oxygen atoms in total. The van der Waals surface area contributed by atoms with E-state index < -0.39 is 0 Å². The number of carbonyl (C=O) groups is 1. The van der Waals surface area contributed by atoms with Crippen molar-refractivity contribution in [1.82, 2.24) is 0 Å². The molecule has 2 atom stereocenters. The maximum Gasteiger partial charge on any atom is 0.169 e. The molecular formula is C16H22O3. The summed E-state index contributed by atoms with van der Waals surface area (Å²) >= 11 is 0. The lowest BCUT2D eigenvalue weighted by molar-refractivity contribution is -0.154. The van der Waals surface area contributed by atoms with Crippen LogP contribution in [0.1, 0.15) is 38.7 Å². The van der Waals surface area contributed by atoms with Crippen LogP contribution in [-0.2, 0) is 16.0 Å². The predicted molar refractivity (Wildman–Crippen MR) is 74.5 cm³/mol. The van der Waals surface area contributed by atoms with Gasteiger partial charge in [0.1, 0.15) is 11.9 Å². The van der Waals surface area contributed by atoms with Crippen LogP contribution >= 0.6 is 0 Å². The second-order valence-corrected chi connectivity index (χ2v) is 4.95. The van der Waals surface area contributed by atoms with Gasteiger partial charge in [0, 0.05) is 13.0 Å². The molecule has 1 aliphatic rings. The zero-order valence-corrected chi connectivity index (χ0v) is 11.7. The van der Waals surface area contributed by atoms with Gasteiger partial charge >= 0.3 is 0 Å². The number of ketones is 1. The van der Waals surface area contributed by atoms with Crippen LogP contribution in [0.15, 0.2) is 24.3 Å². The standard InChI is InChI=1S/C16H22O3/c1-3-5-6-12-7-9-13(10-8-12)19-15-11-14(17)16(15)18-4-2/h7-10,15-16H,3-6,11H2,1-2H3. The minimum atomic E-state index is -0.371. The van der Waals surface area contributed by atoms with Crippen LogP contribution in [0.25, 0.3) is 0 Å². The quantitative estimate of drug-likeness (QED) is 0.757. The first-order valence-electron chi connectivity index (χ1n) is 7.14. The minimum absolute atomic E-state index is 0.117. The number of unbranched alkanes of at least 4 members (excludes halogenated alkanes) is 1. The van der Waals surface area contributed by atoms with Crippen molar-refractivity contribution >= 4 is 5.78 Å². The normalized spacial score (nSPS) is 22.1. The average molecular weight is 262 g/mol.